The van der Waals surface area contributed by atoms with Crippen LogP contribution in [0.2, 0.25) is 10.0 Å². The first kappa shape index (κ1) is 17.8. The van der Waals surface area contributed by atoms with Crippen LogP contribution < -0.4 is 5.32 Å². The van der Waals surface area contributed by atoms with Crippen LogP contribution in [-0.2, 0) is 11.2 Å². The molecule has 4 heteroatoms. The number of halogens is 2. The molecule has 0 aliphatic heterocycles. The van der Waals surface area contributed by atoms with E-state index in [1.54, 1.807) is 7.11 Å². The summed E-state index contributed by atoms with van der Waals surface area (Å²) in [5.74, 6) is 1.29. The molecule has 1 rings (SSSR count). The predicted octanol–water partition coefficient (Wildman–Crippen LogP) is 4.43. The van der Waals surface area contributed by atoms with Crippen molar-refractivity contribution in [2.24, 2.45) is 11.8 Å². The Hall–Kier alpha value is -0.280. The molecule has 1 atom stereocenters. The molecule has 1 aromatic carbocycles. The third kappa shape index (κ3) is 6.94. The van der Waals surface area contributed by atoms with Crippen molar-refractivity contribution < 1.29 is 4.74 Å². The van der Waals surface area contributed by atoms with E-state index in [2.05, 4.69) is 25.2 Å². The molecule has 0 amide bonds. The van der Waals surface area contributed by atoms with Crippen LogP contribution in [0.5, 0.6) is 0 Å². The Balaban J connectivity index is 2.56. The van der Waals surface area contributed by atoms with Crippen LogP contribution in [-0.4, -0.2) is 26.8 Å². The molecule has 0 aliphatic rings. The molecule has 0 saturated heterocycles. The average molecular weight is 318 g/mol. The monoisotopic (exact) mass is 317 g/mol. The molecule has 20 heavy (non-hydrogen) atoms. The predicted molar refractivity (Wildman–Crippen MR) is 87.9 cm³/mol. The second kappa shape index (κ2) is 9.62. The molecule has 0 aliphatic carbocycles. The van der Waals surface area contributed by atoms with Crippen molar-refractivity contribution in [2.75, 3.05) is 26.8 Å². The van der Waals surface area contributed by atoms with E-state index in [1.165, 1.54) is 12.0 Å². The molecule has 1 N–H and O–H groups in total. The smallest absolute Gasteiger partial charge is 0.0595 e. The third-order valence-electron chi connectivity index (χ3n) is 3.23. The summed E-state index contributed by atoms with van der Waals surface area (Å²) in [4.78, 5) is 0. The zero-order valence-electron chi connectivity index (χ0n) is 12.6. The molecule has 2 nitrogen and oxygen atoms in total. The van der Waals surface area contributed by atoms with Gasteiger partial charge in [-0.15, -0.1) is 0 Å². The minimum atomic E-state index is 0.601. The minimum Gasteiger partial charge on any atom is -0.383 e. The van der Waals surface area contributed by atoms with E-state index < -0.39 is 0 Å². The Bertz CT molecular complexity index is 396. The highest BCUT2D eigenvalue weighted by atomic mass is 35.5. The number of rotatable bonds is 9. The van der Waals surface area contributed by atoms with Gasteiger partial charge in [-0.05, 0) is 48.9 Å². The number of methoxy groups -OCH3 is 1. The molecule has 1 unspecified atom stereocenters. The van der Waals surface area contributed by atoms with Crippen molar-refractivity contribution in [2.45, 2.75) is 26.7 Å². The summed E-state index contributed by atoms with van der Waals surface area (Å²) in [5, 5.41) is 4.71. The normalized spacial score (nSPS) is 12.9. The SMILES string of the molecule is COCCNCC(Cc1ccc(Cl)c(Cl)c1)CC(C)C. The van der Waals surface area contributed by atoms with Gasteiger partial charge in [0.15, 0.2) is 0 Å². The largest absolute Gasteiger partial charge is 0.383 e. The van der Waals surface area contributed by atoms with Gasteiger partial charge in [0.25, 0.3) is 0 Å². The Morgan fingerprint density at radius 1 is 1.20 bits per heavy atom. The molecule has 0 heterocycles. The van der Waals surface area contributed by atoms with Gasteiger partial charge in [-0.3, -0.25) is 0 Å². The Morgan fingerprint density at radius 2 is 1.95 bits per heavy atom. The van der Waals surface area contributed by atoms with E-state index in [4.69, 9.17) is 27.9 Å². The van der Waals surface area contributed by atoms with Crippen LogP contribution in [0.15, 0.2) is 18.2 Å². The molecular formula is C16H25Cl2NO. The van der Waals surface area contributed by atoms with Crippen LogP contribution in [0.1, 0.15) is 25.8 Å². The second-order valence-corrected chi connectivity index (χ2v) is 6.46. The van der Waals surface area contributed by atoms with Crippen LogP contribution in [0.3, 0.4) is 0 Å². The molecule has 0 spiro atoms. The lowest BCUT2D eigenvalue weighted by Crippen LogP contribution is -2.28. The molecule has 0 fully saturated rings. The van der Waals surface area contributed by atoms with E-state index in [9.17, 15) is 0 Å². The summed E-state index contributed by atoms with van der Waals surface area (Å²) >= 11 is 12.0. The van der Waals surface area contributed by atoms with Gasteiger partial charge < -0.3 is 10.1 Å². The fourth-order valence-electron chi connectivity index (χ4n) is 2.39. The number of hydrogen-bond acceptors (Lipinski definition) is 2. The Kier molecular flexibility index (Phi) is 8.55. The van der Waals surface area contributed by atoms with E-state index >= 15 is 0 Å². The zero-order valence-corrected chi connectivity index (χ0v) is 14.1. The van der Waals surface area contributed by atoms with Gasteiger partial charge in [-0.1, -0.05) is 43.1 Å². The lowest BCUT2D eigenvalue weighted by molar-refractivity contribution is 0.197. The Morgan fingerprint density at radius 3 is 2.55 bits per heavy atom. The van der Waals surface area contributed by atoms with Gasteiger partial charge in [0.05, 0.1) is 16.7 Å². The van der Waals surface area contributed by atoms with Crippen LogP contribution >= 0.6 is 23.2 Å². The van der Waals surface area contributed by atoms with Crippen molar-refractivity contribution in [3.8, 4) is 0 Å². The summed E-state index contributed by atoms with van der Waals surface area (Å²) < 4.78 is 5.06. The van der Waals surface area contributed by atoms with Crippen molar-refractivity contribution >= 4 is 23.2 Å². The van der Waals surface area contributed by atoms with Gasteiger partial charge in [-0.25, -0.2) is 0 Å². The highest BCUT2D eigenvalue weighted by Gasteiger charge is 2.12. The van der Waals surface area contributed by atoms with Crippen LogP contribution in [0.25, 0.3) is 0 Å². The quantitative estimate of drug-likeness (QED) is 0.680. The summed E-state index contributed by atoms with van der Waals surface area (Å²) in [6, 6.07) is 5.92. The third-order valence-corrected chi connectivity index (χ3v) is 3.97. The van der Waals surface area contributed by atoms with Crippen LogP contribution in [0, 0.1) is 11.8 Å². The molecule has 0 aromatic heterocycles. The van der Waals surface area contributed by atoms with Gasteiger partial charge in [-0.2, -0.15) is 0 Å². The van der Waals surface area contributed by atoms with Gasteiger partial charge in [0.1, 0.15) is 0 Å². The number of hydrogen-bond donors (Lipinski definition) is 1. The molecule has 0 bridgehead atoms. The standard InChI is InChI=1S/C16H25Cl2NO/c1-12(2)8-14(11-19-6-7-20-3)9-13-4-5-15(17)16(18)10-13/h4-5,10,12,14,19H,6-9,11H2,1-3H3. The summed E-state index contributed by atoms with van der Waals surface area (Å²) in [6.45, 7) is 7.17. The maximum atomic E-state index is 6.08. The first-order valence-corrected chi connectivity index (χ1v) is 7.92. The number of ether oxygens (including phenoxy) is 1. The lowest BCUT2D eigenvalue weighted by Gasteiger charge is -2.20. The Labute approximate surface area is 132 Å². The zero-order chi connectivity index (χ0) is 15.0. The molecule has 0 saturated carbocycles. The summed E-state index contributed by atoms with van der Waals surface area (Å²) in [5.41, 5.74) is 1.25. The fourth-order valence-corrected chi connectivity index (χ4v) is 2.71. The van der Waals surface area contributed by atoms with E-state index in [-0.39, 0.29) is 0 Å². The van der Waals surface area contributed by atoms with Crippen LogP contribution in [0.4, 0.5) is 0 Å². The van der Waals surface area contributed by atoms with Crippen molar-refractivity contribution in [3.63, 3.8) is 0 Å². The molecule has 0 radical (unpaired) electrons. The van der Waals surface area contributed by atoms with Gasteiger partial charge in [0, 0.05) is 13.7 Å². The number of benzene rings is 1. The lowest BCUT2D eigenvalue weighted by atomic mass is 9.91. The van der Waals surface area contributed by atoms with Crippen molar-refractivity contribution in [3.05, 3.63) is 33.8 Å². The van der Waals surface area contributed by atoms with Gasteiger partial charge in [0.2, 0.25) is 0 Å². The van der Waals surface area contributed by atoms with E-state index in [0.29, 0.717) is 21.9 Å². The first-order valence-electron chi connectivity index (χ1n) is 7.16. The molecule has 114 valence electrons. The van der Waals surface area contributed by atoms with Crippen molar-refractivity contribution in [1.29, 1.82) is 0 Å². The highest BCUT2D eigenvalue weighted by molar-refractivity contribution is 6.42. The molecular weight excluding hydrogens is 293 g/mol. The summed E-state index contributed by atoms with van der Waals surface area (Å²) in [6.07, 6.45) is 2.22. The topological polar surface area (TPSA) is 21.3 Å². The van der Waals surface area contributed by atoms with E-state index in [0.717, 1.165) is 26.1 Å². The highest BCUT2D eigenvalue weighted by Crippen LogP contribution is 2.25. The second-order valence-electron chi connectivity index (χ2n) is 5.65. The minimum absolute atomic E-state index is 0.601. The first-order chi connectivity index (χ1) is 9.52. The summed E-state index contributed by atoms with van der Waals surface area (Å²) in [7, 11) is 1.73. The maximum Gasteiger partial charge on any atom is 0.0595 e. The number of nitrogens with one attached hydrogen (secondary N) is 1. The van der Waals surface area contributed by atoms with E-state index in [1.807, 2.05) is 12.1 Å². The van der Waals surface area contributed by atoms with Gasteiger partial charge >= 0.3 is 0 Å². The molecule has 1 aromatic rings. The average Bonchev–Trinajstić information content (AvgIpc) is 2.38. The van der Waals surface area contributed by atoms with Crippen molar-refractivity contribution in [1.82, 2.24) is 5.32 Å². The fraction of sp³-hybridized carbons (Fsp3) is 0.625. The maximum absolute atomic E-state index is 6.08.